The Labute approximate surface area is 92.3 Å². The van der Waals surface area contributed by atoms with E-state index in [-0.39, 0.29) is 0 Å². The molecule has 0 aliphatic carbocycles. The van der Waals surface area contributed by atoms with Crippen LogP contribution in [0, 0.1) is 5.92 Å². The lowest BCUT2D eigenvalue weighted by molar-refractivity contribution is 0.111. The normalized spacial score (nSPS) is 13.1. The number of carbonyl (C=O) groups excluding carboxylic acids is 1. The van der Waals surface area contributed by atoms with Crippen molar-refractivity contribution in [3.05, 3.63) is 24.0 Å². The molecular formula is C13H21NO. The van der Waals surface area contributed by atoms with E-state index in [1.807, 2.05) is 18.3 Å². The molecule has 0 saturated carbocycles. The lowest BCUT2D eigenvalue weighted by Gasteiger charge is -2.15. The fourth-order valence-electron chi connectivity index (χ4n) is 1.87. The van der Waals surface area contributed by atoms with Gasteiger partial charge in [-0.1, -0.05) is 26.7 Å². The fraction of sp³-hybridized carbons (Fsp3) is 0.615. The van der Waals surface area contributed by atoms with Gasteiger partial charge in [0, 0.05) is 12.2 Å². The Morgan fingerprint density at radius 1 is 1.33 bits per heavy atom. The monoisotopic (exact) mass is 207 g/mol. The van der Waals surface area contributed by atoms with Gasteiger partial charge in [-0.25, -0.2) is 0 Å². The van der Waals surface area contributed by atoms with Crippen LogP contribution in [0.2, 0.25) is 0 Å². The number of nitrogens with zero attached hydrogens (tertiary/aromatic N) is 1. The molecule has 1 heterocycles. The Kier molecular flexibility index (Phi) is 4.60. The van der Waals surface area contributed by atoms with Crippen LogP contribution in [0.15, 0.2) is 18.3 Å². The van der Waals surface area contributed by atoms with Crippen LogP contribution in [-0.2, 0) is 0 Å². The minimum absolute atomic E-state index is 0.430. The highest BCUT2D eigenvalue weighted by molar-refractivity contribution is 5.72. The predicted octanol–water partition coefficient (Wildman–Crippen LogP) is 3.69. The lowest BCUT2D eigenvalue weighted by Crippen LogP contribution is -2.07. The molecule has 0 saturated heterocycles. The summed E-state index contributed by atoms with van der Waals surface area (Å²) in [6.45, 7) is 6.67. The molecule has 2 heteroatoms. The summed E-state index contributed by atoms with van der Waals surface area (Å²) in [7, 11) is 0. The first-order chi connectivity index (χ1) is 7.15. The zero-order valence-electron chi connectivity index (χ0n) is 9.94. The third-order valence-corrected chi connectivity index (χ3v) is 2.81. The van der Waals surface area contributed by atoms with Crippen molar-refractivity contribution in [2.45, 2.75) is 46.1 Å². The van der Waals surface area contributed by atoms with Crippen molar-refractivity contribution < 1.29 is 4.79 Å². The highest BCUT2D eigenvalue weighted by atomic mass is 16.1. The van der Waals surface area contributed by atoms with Crippen molar-refractivity contribution in [3.8, 4) is 0 Å². The minimum Gasteiger partial charge on any atom is -0.343 e. The molecule has 1 aromatic heterocycles. The second-order valence-corrected chi connectivity index (χ2v) is 4.63. The topological polar surface area (TPSA) is 22.0 Å². The molecule has 1 aromatic rings. The Morgan fingerprint density at radius 3 is 2.67 bits per heavy atom. The Balaban J connectivity index is 2.46. The van der Waals surface area contributed by atoms with Crippen molar-refractivity contribution in [1.29, 1.82) is 0 Å². The predicted molar refractivity (Wildman–Crippen MR) is 63.2 cm³/mol. The van der Waals surface area contributed by atoms with Gasteiger partial charge in [-0.3, -0.25) is 4.79 Å². The Hall–Kier alpha value is -1.05. The van der Waals surface area contributed by atoms with E-state index < -0.39 is 0 Å². The molecule has 0 aromatic carbocycles. The lowest BCUT2D eigenvalue weighted by atomic mass is 10.0. The van der Waals surface area contributed by atoms with Gasteiger partial charge in [-0.2, -0.15) is 0 Å². The summed E-state index contributed by atoms with van der Waals surface area (Å²) in [5.41, 5.74) is 0.784. The molecule has 1 unspecified atom stereocenters. The van der Waals surface area contributed by atoms with Crippen LogP contribution in [-0.4, -0.2) is 10.9 Å². The first-order valence-electron chi connectivity index (χ1n) is 5.77. The molecule has 0 amide bonds. The second-order valence-electron chi connectivity index (χ2n) is 4.63. The third-order valence-electron chi connectivity index (χ3n) is 2.81. The smallest absolute Gasteiger partial charge is 0.166 e. The fourth-order valence-corrected chi connectivity index (χ4v) is 1.87. The summed E-state index contributed by atoms with van der Waals surface area (Å²) in [6, 6.07) is 4.23. The Bertz CT molecular complexity index is 301. The highest BCUT2D eigenvalue weighted by Crippen LogP contribution is 2.18. The van der Waals surface area contributed by atoms with Crippen LogP contribution >= 0.6 is 0 Å². The molecule has 1 rings (SSSR count). The molecule has 0 N–H and O–H groups in total. The number of aromatic nitrogens is 1. The van der Waals surface area contributed by atoms with Crippen molar-refractivity contribution in [2.75, 3.05) is 0 Å². The summed E-state index contributed by atoms with van der Waals surface area (Å²) >= 11 is 0. The molecule has 0 spiro atoms. The maximum Gasteiger partial charge on any atom is 0.166 e. The van der Waals surface area contributed by atoms with Crippen LogP contribution < -0.4 is 0 Å². The van der Waals surface area contributed by atoms with Crippen molar-refractivity contribution in [2.24, 2.45) is 5.92 Å². The maximum absolute atomic E-state index is 10.8. The van der Waals surface area contributed by atoms with Crippen LogP contribution in [0.25, 0.3) is 0 Å². The average molecular weight is 207 g/mol. The minimum atomic E-state index is 0.430. The van der Waals surface area contributed by atoms with Gasteiger partial charge in [0.05, 0.1) is 5.69 Å². The van der Waals surface area contributed by atoms with E-state index in [1.54, 1.807) is 0 Å². The second kappa shape index (κ2) is 5.74. The molecule has 0 bridgehead atoms. The molecule has 0 radical (unpaired) electrons. The van der Waals surface area contributed by atoms with E-state index in [9.17, 15) is 4.79 Å². The molecule has 15 heavy (non-hydrogen) atoms. The van der Waals surface area contributed by atoms with Gasteiger partial charge >= 0.3 is 0 Å². The van der Waals surface area contributed by atoms with Gasteiger partial charge < -0.3 is 4.57 Å². The molecule has 0 aliphatic rings. The first kappa shape index (κ1) is 12.0. The molecule has 2 nitrogen and oxygen atoms in total. The summed E-state index contributed by atoms with van der Waals surface area (Å²) < 4.78 is 2.06. The molecule has 1 atom stereocenters. The van der Waals surface area contributed by atoms with Gasteiger partial charge in [-0.05, 0) is 31.4 Å². The van der Waals surface area contributed by atoms with E-state index in [2.05, 4.69) is 25.3 Å². The first-order valence-corrected chi connectivity index (χ1v) is 5.77. The van der Waals surface area contributed by atoms with Gasteiger partial charge in [-0.15, -0.1) is 0 Å². The molecule has 0 aliphatic heterocycles. The van der Waals surface area contributed by atoms with Gasteiger partial charge in [0.2, 0.25) is 0 Å². The Morgan fingerprint density at radius 2 is 2.07 bits per heavy atom. The molecule has 0 fully saturated rings. The van der Waals surface area contributed by atoms with E-state index >= 15 is 0 Å². The number of aldehydes is 1. The number of hydrogen-bond acceptors (Lipinski definition) is 1. The van der Waals surface area contributed by atoms with E-state index in [1.165, 1.54) is 12.8 Å². The number of rotatable bonds is 6. The van der Waals surface area contributed by atoms with Crippen LogP contribution in [0.4, 0.5) is 0 Å². The highest BCUT2D eigenvalue weighted by Gasteiger charge is 2.07. The summed E-state index contributed by atoms with van der Waals surface area (Å²) in [4.78, 5) is 10.8. The molecular weight excluding hydrogens is 186 g/mol. The van der Waals surface area contributed by atoms with Gasteiger partial charge in [0.1, 0.15) is 0 Å². The van der Waals surface area contributed by atoms with Crippen molar-refractivity contribution in [3.63, 3.8) is 0 Å². The van der Waals surface area contributed by atoms with E-state index in [4.69, 9.17) is 0 Å². The van der Waals surface area contributed by atoms with Crippen LogP contribution in [0.1, 0.15) is 56.6 Å². The number of hydrogen-bond donors (Lipinski definition) is 0. The quantitative estimate of drug-likeness (QED) is 0.652. The van der Waals surface area contributed by atoms with Crippen LogP contribution in [0.5, 0.6) is 0 Å². The third kappa shape index (κ3) is 3.54. The zero-order valence-corrected chi connectivity index (χ0v) is 9.94. The van der Waals surface area contributed by atoms with Crippen molar-refractivity contribution in [1.82, 2.24) is 4.57 Å². The van der Waals surface area contributed by atoms with Gasteiger partial charge in [0.25, 0.3) is 0 Å². The maximum atomic E-state index is 10.8. The van der Waals surface area contributed by atoms with Crippen molar-refractivity contribution >= 4 is 6.29 Å². The molecule has 84 valence electrons. The summed E-state index contributed by atoms with van der Waals surface area (Å²) in [6.07, 6.45) is 6.56. The van der Waals surface area contributed by atoms with E-state index in [0.29, 0.717) is 6.04 Å². The van der Waals surface area contributed by atoms with E-state index in [0.717, 1.165) is 24.3 Å². The van der Waals surface area contributed by atoms with Gasteiger partial charge in [0.15, 0.2) is 6.29 Å². The summed E-state index contributed by atoms with van der Waals surface area (Å²) in [5, 5.41) is 0. The largest absolute Gasteiger partial charge is 0.343 e. The standard InChI is InChI=1S/C13H21NO/c1-11(2)6-4-7-12(3)14-9-5-8-13(14)10-15/h5,8-12H,4,6-7H2,1-3H3. The average Bonchev–Trinajstić information content (AvgIpc) is 2.64. The zero-order chi connectivity index (χ0) is 11.3. The van der Waals surface area contributed by atoms with Crippen LogP contribution in [0.3, 0.4) is 0 Å². The number of carbonyl (C=O) groups is 1. The SMILES string of the molecule is CC(C)CCCC(C)n1cccc1C=O. The summed E-state index contributed by atoms with van der Waals surface area (Å²) in [5.74, 6) is 0.771.